The van der Waals surface area contributed by atoms with Crippen LogP contribution in [0.2, 0.25) is 0 Å². The van der Waals surface area contributed by atoms with Gasteiger partial charge in [-0.3, -0.25) is 0 Å². The van der Waals surface area contributed by atoms with Gasteiger partial charge >= 0.3 is 0 Å². The Morgan fingerprint density at radius 2 is 1.74 bits per heavy atom. The largest absolute Gasteiger partial charge is 0.393 e. The second kappa shape index (κ2) is 8.42. The molecule has 0 unspecified atom stereocenters. The van der Waals surface area contributed by atoms with Crippen LogP contribution < -0.4 is 0 Å². The molecule has 3 saturated carbocycles. The molecule has 4 N–H and O–H groups in total. The van der Waals surface area contributed by atoms with Gasteiger partial charge in [0.05, 0.1) is 24.4 Å². The summed E-state index contributed by atoms with van der Waals surface area (Å²) in [5.74, 6) is 2.13. The number of aliphatic hydroxyl groups is 4. The van der Waals surface area contributed by atoms with Crippen LogP contribution >= 0.6 is 0 Å². The molecule has 0 bridgehead atoms. The van der Waals surface area contributed by atoms with Gasteiger partial charge in [0.15, 0.2) is 0 Å². The van der Waals surface area contributed by atoms with Crippen LogP contribution in [-0.4, -0.2) is 44.8 Å². The van der Waals surface area contributed by atoms with E-state index < -0.39 is 12.2 Å². The SMILES string of the molecule is CC(C)CC[C@H](O)[C@@H](C)[C@H]1[C@@H](O)C[C@H]2[C@@H]3CC=C4C[C@@H](O)C[C@@H](O)[C@]4(C)[C@H]3CC[C@]12C. The van der Waals surface area contributed by atoms with Gasteiger partial charge in [-0.05, 0) is 85.9 Å². The number of rotatable bonds is 5. The molecule has 3 fully saturated rings. The van der Waals surface area contributed by atoms with Crippen molar-refractivity contribution in [2.75, 3.05) is 0 Å². The van der Waals surface area contributed by atoms with Gasteiger partial charge in [0.25, 0.3) is 0 Å². The van der Waals surface area contributed by atoms with E-state index in [1.54, 1.807) is 0 Å². The van der Waals surface area contributed by atoms with Gasteiger partial charge in [0.2, 0.25) is 0 Å². The van der Waals surface area contributed by atoms with Gasteiger partial charge in [-0.2, -0.15) is 0 Å². The van der Waals surface area contributed by atoms with Crippen LogP contribution in [0.3, 0.4) is 0 Å². The van der Waals surface area contributed by atoms with E-state index in [4.69, 9.17) is 0 Å². The average molecular weight is 435 g/mol. The first-order valence-corrected chi connectivity index (χ1v) is 12.9. The molecule has 0 spiro atoms. The van der Waals surface area contributed by atoms with Crippen molar-refractivity contribution in [1.29, 1.82) is 0 Å². The molecular formula is C27H46O4. The summed E-state index contributed by atoms with van der Waals surface area (Å²) in [5.41, 5.74) is 1.06. The van der Waals surface area contributed by atoms with Gasteiger partial charge < -0.3 is 20.4 Å². The summed E-state index contributed by atoms with van der Waals surface area (Å²) in [5, 5.41) is 43.5. The number of hydrogen-bond donors (Lipinski definition) is 4. The molecule has 11 atom stereocenters. The molecule has 0 aromatic rings. The lowest BCUT2D eigenvalue weighted by atomic mass is 9.46. The zero-order valence-corrected chi connectivity index (χ0v) is 20.3. The average Bonchev–Trinajstić information content (AvgIpc) is 2.96. The maximum atomic E-state index is 11.2. The van der Waals surface area contributed by atoms with Crippen LogP contribution in [0.25, 0.3) is 0 Å². The molecular weight excluding hydrogens is 388 g/mol. The van der Waals surface area contributed by atoms with E-state index in [2.05, 4.69) is 40.7 Å². The fraction of sp³-hybridized carbons (Fsp3) is 0.926. The van der Waals surface area contributed by atoms with Crippen LogP contribution in [-0.2, 0) is 0 Å². The minimum absolute atomic E-state index is 0.0413. The highest BCUT2D eigenvalue weighted by Crippen LogP contribution is 2.67. The molecule has 178 valence electrons. The van der Waals surface area contributed by atoms with Crippen LogP contribution in [0.1, 0.15) is 86.0 Å². The van der Waals surface area contributed by atoms with Crippen molar-refractivity contribution in [3.63, 3.8) is 0 Å². The summed E-state index contributed by atoms with van der Waals surface area (Å²) in [6.45, 7) is 11.2. The topological polar surface area (TPSA) is 80.9 Å². The van der Waals surface area contributed by atoms with Crippen molar-refractivity contribution in [1.82, 2.24) is 0 Å². The highest BCUT2D eigenvalue weighted by Gasteiger charge is 2.63. The summed E-state index contributed by atoms with van der Waals surface area (Å²) < 4.78 is 0. The highest BCUT2D eigenvalue weighted by atomic mass is 16.3. The van der Waals surface area contributed by atoms with Gasteiger partial charge in [0.1, 0.15) is 0 Å². The van der Waals surface area contributed by atoms with Crippen LogP contribution in [0.4, 0.5) is 0 Å². The Bertz CT molecular complexity index is 689. The van der Waals surface area contributed by atoms with Crippen molar-refractivity contribution in [2.45, 2.75) is 110 Å². The quantitative estimate of drug-likeness (QED) is 0.486. The van der Waals surface area contributed by atoms with E-state index in [9.17, 15) is 20.4 Å². The zero-order chi connectivity index (χ0) is 22.7. The smallest absolute Gasteiger partial charge is 0.0658 e. The minimum atomic E-state index is -0.487. The summed E-state index contributed by atoms with van der Waals surface area (Å²) in [6, 6.07) is 0. The summed E-state index contributed by atoms with van der Waals surface area (Å²) in [6.07, 6.45) is 7.65. The Labute approximate surface area is 189 Å². The van der Waals surface area contributed by atoms with Crippen LogP contribution in [0.15, 0.2) is 11.6 Å². The van der Waals surface area contributed by atoms with E-state index >= 15 is 0 Å². The lowest BCUT2D eigenvalue weighted by molar-refractivity contribution is -0.113. The van der Waals surface area contributed by atoms with Crippen LogP contribution in [0, 0.1) is 46.3 Å². The fourth-order valence-corrected chi connectivity index (χ4v) is 8.71. The molecule has 0 aromatic heterocycles. The first-order valence-electron chi connectivity index (χ1n) is 12.9. The van der Waals surface area contributed by atoms with Crippen molar-refractivity contribution >= 4 is 0 Å². The molecule has 31 heavy (non-hydrogen) atoms. The Balaban J connectivity index is 1.58. The fourth-order valence-electron chi connectivity index (χ4n) is 8.71. The molecule has 4 rings (SSSR count). The maximum Gasteiger partial charge on any atom is 0.0658 e. The second-order valence-electron chi connectivity index (χ2n) is 12.5. The summed E-state index contributed by atoms with van der Waals surface area (Å²) >= 11 is 0. The van der Waals surface area contributed by atoms with Gasteiger partial charge in [-0.15, -0.1) is 0 Å². The Kier molecular flexibility index (Phi) is 6.44. The van der Waals surface area contributed by atoms with E-state index in [1.807, 2.05) is 0 Å². The van der Waals surface area contributed by atoms with Crippen molar-refractivity contribution in [3.05, 3.63) is 11.6 Å². The number of hydrogen-bond acceptors (Lipinski definition) is 4. The first kappa shape index (κ1) is 23.7. The van der Waals surface area contributed by atoms with E-state index in [0.717, 1.165) is 38.5 Å². The van der Waals surface area contributed by atoms with Gasteiger partial charge in [-0.1, -0.05) is 46.3 Å². The highest BCUT2D eigenvalue weighted by molar-refractivity contribution is 5.28. The monoisotopic (exact) mass is 434 g/mol. The Morgan fingerprint density at radius 1 is 1.03 bits per heavy atom. The van der Waals surface area contributed by atoms with E-state index in [1.165, 1.54) is 5.57 Å². The molecule has 0 saturated heterocycles. The Morgan fingerprint density at radius 3 is 2.42 bits per heavy atom. The van der Waals surface area contributed by atoms with Crippen molar-refractivity contribution in [2.24, 2.45) is 46.3 Å². The predicted octanol–water partition coefficient (Wildman–Crippen LogP) is 4.30. The third kappa shape index (κ3) is 3.74. The normalized spacial score (nSPS) is 49.1. The number of allylic oxidation sites excluding steroid dienone is 1. The standard InChI is InChI=1S/C27H46O4/c1-15(2)6-9-22(29)16(3)25-23(30)14-21-19-8-7-17-12-18(28)13-24(31)27(17,5)20(19)10-11-26(21,25)4/h7,15-16,18-25,28-31H,6,8-14H2,1-5H3/t16-,18-,19-,20+,21+,22+,23+,24-,25+,26+,27+/m1/s1. The maximum absolute atomic E-state index is 11.2. The third-order valence-electron chi connectivity index (χ3n) is 10.5. The molecule has 0 amide bonds. The summed E-state index contributed by atoms with van der Waals surface area (Å²) in [7, 11) is 0. The molecule has 4 aliphatic carbocycles. The molecule has 4 heteroatoms. The lowest BCUT2D eigenvalue weighted by Gasteiger charge is -2.59. The van der Waals surface area contributed by atoms with Gasteiger partial charge in [-0.25, -0.2) is 0 Å². The molecule has 0 aliphatic heterocycles. The zero-order valence-electron chi connectivity index (χ0n) is 20.3. The summed E-state index contributed by atoms with van der Waals surface area (Å²) in [4.78, 5) is 0. The number of aliphatic hydroxyl groups excluding tert-OH is 4. The lowest BCUT2D eigenvalue weighted by Crippen LogP contribution is -2.56. The number of fused-ring (bicyclic) bond motifs is 5. The first-order chi connectivity index (χ1) is 14.5. The molecule has 0 radical (unpaired) electrons. The predicted molar refractivity (Wildman–Crippen MR) is 123 cm³/mol. The second-order valence-corrected chi connectivity index (χ2v) is 12.5. The minimum Gasteiger partial charge on any atom is -0.393 e. The molecule has 0 aromatic carbocycles. The van der Waals surface area contributed by atoms with Crippen LogP contribution in [0.5, 0.6) is 0 Å². The molecule has 0 heterocycles. The molecule has 4 nitrogen and oxygen atoms in total. The van der Waals surface area contributed by atoms with Crippen molar-refractivity contribution < 1.29 is 20.4 Å². The Hall–Kier alpha value is -0.420. The third-order valence-corrected chi connectivity index (χ3v) is 10.5. The van der Waals surface area contributed by atoms with Crippen molar-refractivity contribution in [3.8, 4) is 0 Å². The van der Waals surface area contributed by atoms with Gasteiger partial charge in [0, 0.05) is 11.8 Å². The van der Waals surface area contributed by atoms with E-state index in [-0.39, 0.29) is 34.9 Å². The molecule has 4 aliphatic rings. The van der Waals surface area contributed by atoms with E-state index in [0.29, 0.717) is 36.5 Å².